The van der Waals surface area contributed by atoms with Gasteiger partial charge in [-0.25, -0.2) is 15.0 Å². The fraction of sp³-hybridized carbons (Fsp3) is 0.104. The van der Waals surface area contributed by atoms with Crippen molar-refractivity contribution in [3.63, 3.8) is 0 Å². The maximum Gasteiger partial charge on any atom is 0.163 e. The molecule has 1 atom stereocenters. The first-order chi connectivity index (χ1) is 26.0. The molecule has 0 saturated carbocycles. The minimum atomic E-state index is -0.132. The van der Waals surface area contributed by atoms with Gasteiger partial charge in [0.05, 0.1) is 5.52 Å². The topological polar surface area (TPSA) is 43.6 Å². The van der Waals surface area contributed by atoms with Crippen molar-refractivity contribution in [3.8, 4) is 39.6 Å². The first kappa shape index (κ1) is 30.3. The third kappa shape index (κ3) is 4.52. The summed E-state index contributed by atoms with van der Waals surface area (Å²) < 4.78 is 4.92. The van der Waals surface area contributed by atoms with Crippen molar-refractivity contribution in [3.05, 3.63) is 164 Å². The minimum Gasteiger partial charge on any atom is -0.302 e. The summed E-state index contributed by atoms with van der Waals surface area (Å²) >= 11 is 1.84. The normalized spacial score (nSPS) is 15.8. The van der Waals surface area contributed by atoms with Crippen LogP contribution in [0.3, 0.4) is 0 Å². The Hall–Kier alpha value is -6.35. The summed E-state index contributed by atoms with van der Waals surface area (Å²) in [6, 6.07) is 40.9. The second-order valence-electron chi connectivity index (χ2n) is 14.6. The van der Waals surface area contributed by atoms with Gasteiger partial charge in [-0.05, 0) is 93.6 Å². The van der Waals surface area contributed by atoms with Gasteiger partial charge in [0.1, 0.15) is 11.2 Å². The molecule has 0 spiro atoms. The highest BCUT2D eigenvalue weighted by Crippen LogP contribution is 2.50. The average molecular weight is 697 g/mol. The van der Waals surface area contributed by atoms with Crippen LogP contribution >= 0.6 is 11.3 Å². The Kier molecular flexibility index (Phi) is 6.47. The lowest BCUT2D eigenvalue weighted by molar-refractivity contribution is 0.666. The molecular formula is C48H32N4S. The number of thiophene rings is 1. The van der Waals surface area contributed by atoms with Gasteiger partial charge in [-0.2, -0.15) is 0 Å². The van der Waals surface area contributed by atoms with Crippen LogP contribution in [0.1, 0.15) is 43.1 Å². The molecule has 3 aliphatic carbocycles. The van der Waals surface area contributed by atoms with Gasteiger partial charge in [-0.1, -0.05) is 111 Å². The molecule has 3 heterocycles. The van der Waals surface area contributed by atoms with Gasteiger partial charge in [0.25, 0.3) is 0 Å². The van der Waals surface area contributed by atoms with E-state index in [-0.39, 0.29) is 11.3 Å². The summed E-state index contributed by atoms with van der Waals surface area (Å²) in [4.78, 5) is 15.3. The largest absolute Gasteiger partial charge is 0.302 e. The van der Waals surface area contributed by atoms with Crippen LogP contribution in [0.15, 0.2) is 127 Å². The smallest absolute Gasteiger partial charge is 0.163 e. The second kappa shape index (κ2) is 11.3. The fourth-order valence-corrected chi connectivity index (χ4v) is 9.93. The molecule has 0 fully saturated rings. The van der Waals surface area contributed by atoms with Crippen molar-refractivity contribution in [1.82, 2.24) is 19.5 Å². The number of hydrogen-bond donors (Lipinski definition) is 0. The molecule has 0 radical (unpaired) electrons. The third-order valence-corrected chi connectivity index (χ3v) is 12.4. The Morgan fingerprint density at radius 2 is 1.49 bits per heavy atom. The molecule has 0 aliphatic heterocycles. The molecular weight excluding hydrogens is 665 g/mol. The molecule has 5 heteroatoms. The number of rotatable bonds is 4. The number of hydrogen-bond acceptors (Lipinski definition) is 4. The third-order valence-electron chi connectivity index (χ3n) is 11.2. The van der Waals surface area contributed by atoms with Crippen molar-refractivity contribution < 1.29 is 0 Å². The summed E-state index contributed by atoms with van der Waals surface area (Å²) in [5, 5.41) is 6.14. The molecule has 1 unspecified atom stereocenters. The Labute approximate surface area is 310 Å². The molecule has 4 nitrogen and oxygen atoms in total. The van der Waals surface area contributed by atoms with Crippen molar-refractivity contribution in [2.45, 2.75) is 31.6 Å². The van der Waals surface area contributed by atoms with Crippen molar-refractivity contribution in [2.75, 3.05) is 0 Å². The lowest BCUT2D eigenvalue weighted by Crippen LogP contribution is -2.28. The van der Waals surface area contributed by atoms with E-state index in [2.05, 4.69) is 145 Å². The Morgan fingerprint density at radius 3 is 2.34 bits per heavy atom. The van der Waals surface area contributed by atoms with Gasteiger partial charge >= 0.3 is 0 Å². The van der Waals surface area contributed by atoms with Crippen LogP contribution in [-0.4, -0.2) is 19.5 Å². The Bertz CT molecular complexity index is 3190. The first-order valence-corrected chi connectivity index (χ1v) is 19.0. The van der Waals surface area contributed by atoms with E-state index in [0.29, 0.717) is 11.6 Å². The van der Waals surface area contributed by atoms with E-state index in [0.717, 1.165) is 34.4 Å². The molecule has 3 aliphatic rings. The molecule has 53 heavy (non-hydrogen) atoms. The highest BCUT2D eigenvalue weighted by atomic mass is 32.1. The maximum absolute atomic E-state index is 5.16. The lowest BCUT2D eigenvalue weighted by Gasteiger charge is -2.22. The summed E-state index contributed by atoms with van der Waals surface area (Å²) in [7, 11) is 0. The summed E-state index contributed by atoms with van der Waals surface area (Å²) in [5.74, 6) is 2.22. The average Bonchev–Trinajstić information content (AvgIpc) is 3.83. The first-order valence-electron chi connectivity index (χ1n) is 18.1. The van der Waals surface area contributed by atoms with Crippen molar-refractivity contribution in [2.24, 2.45) is 0 Å². The Morgan fingerprint density at radius 1 is 0.736 bits per heavy atom. The van der Waals surface area contributed by atoms with E-state index in [1.807, 2.05) is 35.6 Å². The predicted molar refractivity (Wildman–Crippen MR) is 218 cm³/mol. The number of aromatic nitrogens is 4. The van der Waals surface area contributed by atoms with Crippen LogP contribution in [-0.2, 0) is 5.41 Å². The highest BCUT2D eigenvalue weighted by molar-refractivity contribution is 7.17. The highest BCUT2D eigenvalue weighted by Gasteiger charge is 2.37. The molecule has 3 aromatic heterocycles. The van der Waals surface area contributed by atoms with E-state index < -0.39 is 0 Å². The van der Waals surface area contributed by atoms with Crippen LogP contribution in [0.2, 0.25) is 0 Å². The molecule has 0 amide bonds. The van der Waals surface area contributed by atoms with Gasteiger partial charge in [0.15, 0.2) is 11.6 Å². The van der Waals surface area contributed by atoms with Gasteiger partial charge in [0, 0.05) is 48.0 Å². The number of nitrogens with zero attached hydrogens (tertiary/aromatic N) is 4. The van der Waals surface area contributed by atoms with Crippen LogP contribution < -0.4 is 20.3 Å². The van der Waals surface area contributed by atoms with Crippen LogP contribution in [0.25, 0.3) is 84.5 Å². The van der Waals surface area contributed by atoms with E-state index in [9.17, 15) is 0 Å². The zero-order valence-electron chi connectivity index (χ0n) is 29.3. The molecule has 0 N–H and O–H groups in total. The summed E-state index contributed by atoms with van der Waals surface area (Å²) in [6.07, 6.45) is 9.72. The van der Waals surface area contributed by atoms with E-state index in [1.165, 1.54) is 58.2 Å². The van der Waals surface area contributed by atoms with Crippen molar-refractivity contribution in [1.29, 1.82) is 0 Å². The number of allylic oxidation sites excluding steroid dienone is 1. The van der Waals surface area contributed by atoms with E-state index in [1.54, 1.807) is 0 Å². The molecule has 250 valence electrons. The Balaban J connectivity index is 1.05. The standard InChI is InChI=1S/C48H32N4S/c1-48(2)38-17-9-6-14-33(38)36-26-27-40-43(44(36)48)37-16-7-10-18-39(37)52(40)32-23-20-30(21-24-32)46-49-45(29-12-4-3-5-13-29)50-47(51-46)31-22-25-35-34-15-8-11-19-41(34)53-42(35)28-31/h3-9,11-17,19-21,23-28,31H,22H2,1-2H3. The second-order valence-corrected chi connectivity index (χ2v) is 15.7. The summed E-state index contributed by atoms with van der Waals surface area (Å²) in [5.41, 5.74) is 16.1. The van der Waals surface area contributed by atoms with E-state index in [4.69, 9.17) is 15.0 Å². The van der Waals surface area contributed by atoms with Gasteiger partial charge in [-0.3, -0.25) is 0 Å². The van der Waals surface area contributed by atoms with Crippen LogP contribution in [0.4, 0.5) is 0 Å². The number of benzene rings is 5. The monoisotopic (exact) mass is 696 g/mol. The SMILES string of the molecule is CC1(C)c2ccccc2-c2ccc3c(c21)c1c(n3-c2ccc(-c3nc(-c4ccccc4)nc(C4C=c5sc6ccccc6c5=CC4)n3)cc2)=C=C=CC=1. The molecule has 8 aromatic rings. The van der Waals surface area contributed by atoms with Gasteiger partial charge in [-0.15, -0.1) is 11.3 Å². The molecule has 11 rings (SSSR count). The molecule has 5 aromatic carbocycles. The maximum atomic E-state index is 5.16. The van der Waals surface area contributed by atoms with Gasteiger partial charge < -0.3 is 4.57 Å². The van der Waals surface area contributed by atoms with Crippen LogP contribution in [0, 0.1) is 0 Å². The quantitative estimate of drug-likeness (QED) is 0.174. The zero-order valence-corrected chi connectivity index (χ0v) is 30.1. The van der Waals surface area contributed by atoms with E-state index >= 15 is 0 Å². The molecule has 0 bridgehead atoms. The predicted octanol–water partition coefficient (Wildman–Crippen LogP) is 8.30. The van der Waals surface area contributed by atoms with Crippen LogP contribution in [0.5, 0.6) is 0 Å². The zero-order chi connectivity index (χ0) is 35.3. The lowest BCUT2D eigenvalue weighted by atomic mass is 9.80. The van der Waals surface area contributed by atoms with Gasteiger partial charge in [0.2, 0.25) is 0 Å². The molecule has 0 saturated heterocycles. The number of fused-ring (bicyclic) bond motifs is 10. The minimum absolute atomic E-state index is 0.0561. The fourth-order valence-electron chi connectivity index (χ4n) is 8.73. The summed E-state index contributed by atoms with van der Waals surface area (Å²) in [6.45, 7) is 4.70. The van der Waals surface area contributed by atoms with Crippen molar-refractivity contribution >= 4 is 56.3 Å².